The van der Waals surface area contributed by atoms with Crippen molar-refractivity contribution >= 4 is 0 Å². The summed E-state index contributed by atoms with van der Waals surface area (Å²) >= 11 is 0. The molecule has 6 heteroatoms. The van der Waals surface area contributed by atoms with Crippen LogP contribution in [0.2, 0.25) is 0 Å². The quantitative estimate of drug-likeness (QED) is 0.794. The van der Waals surface area contributed by atoms with E-state index >= 15 is 0 Å². The van der Waals surface area contributed by atoms with Crippen molar-refractivity contribution in [3.05, 3.63) is 0 Å². The zero-order valence-corrected chi connectivity index (χ0v) is 13.0. The maximum absolute atomic E-state index is 12.3. The Kier molecular flexibility index (Phi) is 5.91. The highest BCUT2D eigenvalue weighted by Gasteiger charge is 2.32. The first-order chi connectivity index (χ1) is 9.82. The van der Waals surface area contributed by atoms with Crippen LogP contribution in [0.5, 0.6) is 0 Å². The number of nitrogens with zero attached hydrogens (tertiary/aromatic N) is 2. The smallest absolute Gasteiger partial charge is 0.373 e. The molecule has 2 saturated heterocycles. The van der Waals surface area contributed by atoms with Gasteiger partial charge >= 0.3 is 6.18 Å². The third kappa shape index (κ3) is 6.12. The Balaban J connectivity index is 1.65. The van der Waals surface area contributed by atoms with Gasteiger partial charge < -0.3 is 4.74 Å². The first-order valence-electron chi connectivity index (χ1n) is 7.99. The van der Waals surface area contributed by atoms with E-state index in [1.807, 2.05) is 0 Å². The van der Waals surface area contributed by atoms with E-state index in [9.17, 15) is 13.2 Å². The largest absolute Gasteiger partial charge is 0.401 e. The monoisotopic (exact) mass is 308 g/mol. The van der Waals surface area contributed by atoms with Gasteiger partial charge in [0.1, 0.15) is 0 Å². The maximum atomic E-state index is 12.3. The summed E-state index contributed by atoms with van der Waals surface area (Å²) < 4.78 is 42.7. The Morgan fingerprint density at radius 2 is 1.57 bits per heavy atom. The van der Waals surface area contributed by atoms with Crippen molar-refractivity contribution in [3.8, 4) is 0 Å². The van der Waals surface area contributed by atoms with Crippen LogP contribution in [0.1, 0.15) is 33.1 Å². The van der Waals surface area contributed by atoms with Gasteiger partial charge in [0.25, 0.3) is 0 Å². The lowest BCUT2D eigenvalue weighted by Crippen LogP contribution is -2.46. The van der Waals surface area contributed by atoms with E-state index in [-0.39, 0.29) is 12.2 Å². The molecule has 0 aliphatic carbocycles. The van der Waals surface area contributed by atoms with Crippen molar-refractivity contribution < 1.29 is 17.9 Å². The normalized spacial score (nSPS) is 30.7. The molecule has 0 spiro atoms. The molecule has 2 atom stereocenters. The molecule has 0 bridgehead atoms. The third-order valence-corrected chi connectivity index (χ3v) is 4.46. The summed E-state index contributed by atoms with van der Waals surface area (Å²) in [6, 6.07) is 0. The van der Waals surface area contributed by atoms with Crippen LogP contribution in [-0.2, 0) is 4.74 Å². The van der Waals surface area contributed by atoms with Crippen molar-refractivity contribution in [2.24, 2.45) is 5.92 Å². The average molecular weight is 308 g/mol. The van der Waals surface area contributed by atoms with Crippen molar-refractivity contribution in [1.82, 2.24) is 9.80 Å². The van der Waals surface area contributed by atoms with Gasteiger partial charge in [0, 0.05) is 13.1 Å². The molecule has 0 aromatic heterocycles. The molecule has 2 aliphatic rings. The maximum Gasteiger partial charge on any atom is 0.401 e. The first-order valence-corrected chi connectivity index (χ1v) is 7.99. The van der Waals surface area contributed by atoms with Crippen molar-refractivity contribution in [2.45, 2.75) is 51.5 Å². The Labute approximate surface area is 125 Å². The van der Waals surface area contributed by atoms with Crippen LogP contribution in [0.4, 0.5) is 13.2 Å². The van der Waals surface area contributed by atoms with E-state index < -0.39 is 12.7 Å². The Morgan fingerprint density at radius 3 is 2.10 bits per heavy atom. The second-order valence-corrected chi connectivity index (χ2v) is 6.64. The molecule has 0 radical (unpaired) electrons. The lowest BCUT2D eigenvalue weighted by atomic mass is 9.93. The fraction of sp³-hybridized carbons (Fsp3) is 1.00. The van der Waals surface area contributed by atoms with E-state index in [2.05, 4.69) is 18.7 Å². The van der Waals surface area contributed by atoms with Crippen molar-refractivity contribution in [3.63, 3.8) is 0 Å². The number of morpholine rings is 1. The van der Waals surface area contributed by atoms with Gasteiger partial charge in [-0.15, -0.1) is 0 Å². The minimum Gasteiger partial charge on any atom is -0.373 e. The highest BCUT2D eigenvalue weighted by molar-refractivity contribution is 4.77. The fourth-order valence-corrected chi connectivity index (χ4v) is 3.52. The van der Waals surface area contributed by atoms with Crippen molar-refractivity contribution in [2.75, 3.05) is 39.3 Å². The molecule has 0 aromatic rings. The molecule has 0 N–H and O–H groups in total. The minimum absolute atomic E-state index is 0.280. The molecule has 0 amide bonds. The summed E-state index contributed by atoms with van der Waals surface area (Å²) in [7, 11) is 0. The predicted octanol–water partition coefficient (Wildman–Crippen LogP) is 2.76. The molecule has 2 unspecified atom stereocenters. The number of piperidine rings is 1. The predicted molar refractivity (Wildman–Crippen MR) is 76.3 cm³/mol. The van der Waals surface area contributed by atoms with Crippen LogP contribution in [0.3, 0.4) is 0 Å². The van der Waals surface area contributed by atoms with Gasteiger partial charge in [-0.1, -0.05) is 0 Å². The summed E-state index contributed by atoms with van der Waals surface area (Å²) in [6.45, 7) is 7.59. The zero-order chi connectivity index (χ0) is 15.5. The van der Waals surface area contributed by atoms with Gasteiger partial charge in [0.15, 0.2) is 0 Å². The SMILES string of the molecule is CC1CN(CCC2CCN(CC(F)(F)F)CC2)CC(C)O1. The topological polar surface area (TPSA) is 15.7 Å². The van der Waals surface area contributed by atoms with Gasteiger partial charge in [-0.25, -0.2) is 0 Å². The molecule has 0 saturated carbocycles. The zero-order valence-electron chi connectivity index (χ0n) is 13.0. The van der Waals surface area contributed by atoms with E-state index in [1.54, 1.807) is 0 Å². The standard InChI is InChI=1S/C15H27F3N2O/c1-12-9-20(10-13(2)21-12)8-5-14-3-6-19(7-4-14)11-15(16,17)18/h12-14H,3-11H2,1-2H3. The number of alkyl halides is 3. The van der Waals surface area contributed by atoms with Gasteiger partial charge in [-0.2, -0.15) is 13.2 Å². The van der Waals surface area contributed by atoms with Crippen LogP contribution in [0.25, 0.3) is 0 Å². The summed E-state index contributed by atoms with van der Waals surface area (Å²) in [5.74, 6) is 0.572. The summed E-state index contributed by atoms with van der Waals surface area (Å²) in [5, 5.41) is 0. The Hall–Kier alpha value is -0.330. The Morgan fingerprint density at radius 1 is 1.00 bits per heavy atom. The molecular formula is C15H27F3N2O. The minimum atomic E-state index is -4.06. The molecular weight excluding hydrogens is 281 g/mol. The number of ether oxygens (including phenoxy) is 1. The number of hydrogen-bond donors (Lipinski definition) is 0. The number of halogens is 3. The number of likely N-dealkylation sites (tertiary alicyclic amines) is 1. The molecule has 124 valence electrons. The highest BCUT2D eigenvalue weighted by Crippen LogP contribution is 2.25. The summed E-state index contributed by atoms with van der Waals surface area (Å²) in [4.78, 5) is 3.97. The van der Waals surface area contributed by atoms with Crippen molar-refractivity contribution in [1.29, 1.82) is 0 Å². The molecule has 21 heavy (non-hydrogen) atoms. The number of hydrogen-bond acceptors (Lipinski definition) is 3. The molecule has 0 aromatic carbocycles. The van der Waals surface area contributed by atoms with E-state index in [0.717, 1.165) is 38.9 Å². The van der Waals surface area contributed by atoms with Crippen LogP contribution in [0.15, 0.2) is 0 Å². The Bertz CT molecular complexity index is 307. The van der Waals surface area contributed by atoms with Gasteiger partial charge in [0.05, 0.1) is 18.8 Å². The first kappa shape index (κ1) is 17.0. The average Bonchev–Trinajstić information content (AvgIpc) is 2.35. The molecule has 2 aliphatic heterocycles. The van der Waals surface area contributed by atoms with Crippen LogP contribution >= 0.6 is 0 Å². The molecule has 3 nitrogen and oxygen atoms in total. The highest BCUT2D eigenvalue weighted by atomic mass is 19.4. The van der Waals surface area contributed by atoms with E-state index in [1.165, 1.54) is 4.90 Å². The van der Waals surface area contributed by atoms with E-state index in [0.29, 0.717) is 19.0 Å². The van der Waals surface area contributed by atoms with Crippen LogP contribution < -0.4 is 0 Å². The summed E-state index contributed by atoms with van der Waals surface area (Å²) in [6.07, 6.45) is -0.617. The van der Waals surface area contributed by atoms with Gasteiger partial charge in [-0.05, 0) is 58.7 Å². The lowest BCUT2D eigenvalue weighted by Gasteiger charge is -2.37. The lowest BCUT2D eigenvalue weighted by molar-refractivity contribution is -0.148. The summed E-state index contributed by atoms with van der Waals surface area (Å²) in [5.41, 5.74) is 0. The van der Waals surface area contributed by atoms with Gasteiger partial charge in [-0.3, -0.25) is 9.80 Å². The second-order valence-electron chi connectivity index (χ2n) is 6.64. The number of rotatable bonds is 4. The molecule has 2 fully saturated rings. The van der Waals surface area contributed by atoms with E-state index in [4.69, 9.17) is 4.74 Å². The van der Waals surface area contributed by atoms with Gasteiger partial charge in [0.2, 0.25) is 0 Å². The third-order valence-electron chi connectivity index (χ3n) is 4.46. The molecule has 2 heterocycles. The van der Waals surface area contributed by atoms with Crippen LogP contribution in [-0.4, -0.2) is 67.5 Å². The fourth-order valence-electron chi connectivity index (χ4n) is 3.52. The molecule has 2 rings (SSSR count). The second kappa shape index (κ2) is 7.29. The van der Waals surface area contributed by atoms with Crippen LogP contribution in [0, 0.1) is 5.92 Å².